The Balaban J connectivity index is 1.97. The predicted octanol–water partition coefficient (Wildman–Crippen LogP) is 1.73. The Morgan fingerprint density at radius 1 is 1.44 bits per heavy atom. The van der Waals surface area contributed by atoms with Gasteiger partial charge in [0.15, 0.2) is 5.69 Å². The number of nitriles is 1. The van der Waals surface area contributed by atoms with Crippen LogP contribution in [0.25, 0.3) is 0 Å². The Morgan fingerprint density at radius 2 is 2.31 bits per heavy atom. The number of thiazole rings is 1. The van der Waals surface area contributed by atoms with E-state index in [0.717, 1.165) is 10.7 Å². The van der Waals surface area contributed by atoms with Crippen molar-refractivity contribution in [2.24, 2.45) is 0 Å². The molecule has 0 saturated heterocycles. The first kappa shape index (κ1) is 10.5. The third kappa shape index (κ3) is 2.52. The van der Waals surface area contributed by atoms with Crippen molar-refractivity contribution in [3.63, 3.8) is 0 Å². The van der Waals surface area contributed by atoms with E-state index < -0.39 is 0 Å². The number of hydrogen-bond acceptors (Lipinski definition) is 6. The minimum atomic E-state index is 0.315. The first-order valence-electron chi connectivity index (χ1n) is 4.65. The van der Waals surface area contributed by atoms with Crippen molar-refractivity contribution in [3.8, 4) is 6.07 Å². The molecular weight excluding hydrogens is 222 g/mol. The van der Waals surface area contributed by atoms with Crippen molar-refractivity contribution < 1.29 is 0 Å². The average Bonchev–Trinajstić information content (AvgIpc) is 2.73. The van der Waals surface area contributed by atoms with Gasteiger partial charge in [0, 0.05) is 11.1 Å². The number of anilines is 1. The molecule has 0 atom stereocenters. The van der Waals surface area contributed by atoms with Crippen LogP contribution in [0.5, 0.6) is 0 Å². The summed E-state index contributed by atoms with van der Waals surface area (Å²) in [5.74, 6) is 0.645. The molecule has 80 valence electrons. The van der Waals surface area contributed by atoms with Crippen molar-refractivity contribution in [1.82, 2.24) is 15.0 Å². The highest BCUT2D eigenvalue weighted by molar-refractivity contribution is 7.09. The van der Waals surface area contributed by atoms with Gasteiger partial charge < -0.3 is 5.32 Å². The van der Waals surface area contributed by atoms with E-state index in [2.05, 4.69) is 20.3 Å². The second-order valence-corrected chi connectivity index (χ2v) is 4.08. The molecule has 2 aromatic rings. The van der Waals surface area contributed by atoms with Gasteiger partial charge in [-0.25, -0.2) is 15.0 Å². The van der Waals surface area contributed by atoms with Gasteiger partial charge in [0.2, 0.25) is 0 Å². The molecule has 0 amide bonds. The standard InChI is InChI=1S/C10H9N5S/c1-7-6-16-10(15-7)5-14-9-4-12-8(2-11)3-13-9/h3-4,6H,5H2,1H3,(H,13,14). The summed E-state index contributed by atoms with van der Waals surface area (Å²) in [7, 11) is 0. The van der Waals surface area contributed by atoms with E-state index in [-0.39, 0.29) is 0 Å². The van der Waals surface area contributed by atoms with Gasteiger partial charge in [-0.05, 0) is 6.92 Å². The van der Waals surface area contributed by atoms with Crippen LogP contribution in [0.2, 0.25) is 0 Å². The highest BCUT2D eigenvalue weighted by Gasteiger charge is 2.00. The number of rotatable bonds is 3. The van der Waals surface area contributed by atoms with Gasteiger partial charge in [0.05, 0.1) is 18.9 Å². The predicted molar refractivity (Wildman–Crippen MR) is 60.9 cm³/mol. The second kappa shape index (κ2) is 4.68. The first-order chi connectivity index (χ1) is 7.78. The van der Waals surface area contributed by atoms with Gasteiger partial charge in [-0.3, -0.25) is 0 Å². The number of nitrogens with zero attached hydrogens (tertiary/aromatic N) is 4. The van der Waals surface area contributed by atoms with Crippen LogP contribution in [0.15, 0.2) is 17.8 Å². The zero-order valence-corrected chi connectivity index (χ0v) is 9.45. The molecule has 0 radical (unpaired) electrons. The summed E-state index contributed by atoms with van der Waals surface area (Å²) < 4.78 is 0. The van der Waals surface area contributed by atoms with Crippen LogP contribution < -0.4 is 5.32 Å². The van der Waals surface area contributed by atoms with Crippen LogP contribution in [-0.4, -0.2) is 15.0 Å². The van der Waals surface area contributed by atoms with E-state index in [4.69, 9.17) is 5.26 Å². The largest absolute Gasteiger partial charge is 0.362 e. The minimum Gasteiger partial charge on any atom is -0.362 e. The number of aryl methyl sites for hydroxylation is 1. The fraction of sp³-hybridized carbons (Fsp3) is 0.200. The molecule has 1 N–H and O–H groups in total. The maximum atomic E-state index is 8.56. The van der Waals surface area contributed by atoms with Gasteiger partial charge in [-0.1, -0.05) is 0 Å². The van der Waals surface area contributed by atoms with E-state index >= 15 is 0 Å². The molecule has 0 aliphatic heterocycles. The van der Waals surface area contributed by atoms with Gasteiger partial charge in [-0.15, -0.1) is 11.3 Å². The summed E-state index contributed by atoms with van der Waals surface area (Å²) in [5, 5.41) is 14.7. The molecule has 0 aliphatic carbocycles. The van der Waals surface area contributed by atoms with E-state index in [1.165, 1.54) is 6.20 Å². The molecule has 6 heteroatoms. The molecule has 0 spiro atoms. The highest BCUT2D eigenvalue weighted by Crippen LogP contribution is 2.10. The number of aromatic nitrogens is 3. The fourth-order valence-corrected chi connectivity index (χ4v) is 1.84. The maximum absolute atomic E-state index is 8.56. The van der Waals surface area contributed by atoms with Crippen molar-refractivity contribution in [3.05, 3.63) is 34.2 Å². The molecule has 2 aromatic heterocycles. The lowest BCUT2D eigenvalue weighted by Crippen LogP contribution is -2.01. The van der Waals surface area contributed by atoms with E-state index in [1.807, 2.05) is 18.4 Å². The van der Waals surface area contributed by atoms with Crippen LogP contribution in [0, 0.1) is 18.3 Å². The van der Waals surface area contributed by atoms with Crippen LogP contribution in [0.3, 0.4) is 0 Å². The summed E-state index contributed by atoms with van der Waals surface area (Å²) in [6.07, 6.45) is 2.98. The topological polar surface area (TPSA) is 74.5 Å². The van der Waals surface area contributed by atoms with Gasteiger partial charge >= 0.3 is 0 Å². The summed E-state index contributed by atoms with van der Waals surface area (Å²) in [5.41, 5.74) is 1.34. The zero-order valence-electron chi connectivity index (χ0n) is 8.64. The van der Waals surface area contributed by atoms with Gasteiger partial charge in [-0.2, -0.15) is 5.26 Å². The Bertz CT molecular complexity index is 511. The molecular formula is C10H9N5S. The van der Waals surface area contributed by atoms with Crippen molar-refractivity contribution in [2.75, 3.05) is 5.32 Å². The Morgan fingerprint density at radius 3 is 2.88 bits per heavy atom. The summed E-state index contributed by atoms with van der Waals surface area (Å²) >= 11 is 1.60. The zero-order chi connectivity index (χ0) is 11.4. The van der Waals surface area contributed by atoms with Crippen LogP contribution in [-0.2, 0) is 6.54 Å². The Kier molecular flexibility index (Phi) is 3.08. The lowest BCUT2D eigenvalue weighted by atomic mass is 10.5. The summed E-state index contributed by atoms with van der Waals surface area (Å²) in [6, 6.07) is 1.92. The van der Waals surface area contributed by atoms with Crippen molar-refractivity contribution in [2.45, 2.75) is 13.5 Å². The molecule has 0 bridgehead atoms. The first-order valence-corrected chi connectivity index (χ1v) is 5.53. The lowest BCUT2D eigenvalue weighted by Gasteiger charge is -2.01. The monoisotopic (exact) mass is 231 g/mol. The SMILES string of the molecule is Cc1csc(CNc2cnc(C#N)cn2)n1. The quantitative estimate of drug-likeness (QED) is 0.870. The molecule has 0 saturated carbocycles. The average molecular weight is 231 g/mol. The summed E-state index contributed by atoms with van der Waals surface area (Å²) in [6.45, 7) is 2.58. The normalized spacial score (nSPS) is 9.75. The maximum Gasteiger partial charge on any atom is 0.158 e. The molecule has 2 heterocycles. The second-order valence-electron chi connectivity index (χ2n) is 3.13. The number of nitrogens with one attached hydrogen (secondary N) is 1. The van der Waals surface area contributed by atoms with Crippen LogP contribution >= 0.6 is 11.3 Å². The van der Waals surface area contributed by atoms with Crippen LogP contribution in [0.4, 0.5) is 5.82 Å². The molecule has 0 fully saturated rings. The Labute approximate surface area is 96.8 Å². The lowest BCUT2D eigenvalue weighted by molar-refractivity contribution is 1.04. The molecule has 0 aliphatic rings. The number of hydrogen-bond donors (Lipinski definition) is 1. The molecule has 5 nitrogen and oxygen atoms in total. The Hall–Kier alpha value is -2.00. The highest BCUT2D eigenvalue weighted by atomic mass is 32.1. The van der Waals surface area contributed by atoms with E-state index in [0.29, 0.717) is 18.1 Å². The van der Waals surface area contributed by atoms with E-state index in [9.17, 15) is 0 Å². The van der Waals surface area contributed by atoms with Crippen LogP contribution in [0.1, 0.15) is 16.4 Å². The van der Waals surface area contributed by atoms with Crippen molar-refractivity contribution in [1.29, 1.82) is 5.26 Å². The smallest absolute Gasteiger partial charge is 0.158 e. The molecule has 0 aromatic carbocycles. The minimum absolute atomic E-state index is 0.315. The van der Waals surface area contributed by atoms with E-state index in [1.54, 1.807) is 17.5 Å². The molecule has 0 unspecified atom stereocenters. The molecule has 2 rings (SSSR count). The third-order valence-corrected chi connectivity index (χ3v) is 2.82. The third-order valence-electron chi connectivity index (χ3n) is 1.85. The fourth-order valence-electron chi connectivity index (χ4n) is 1.13. The van der Waals surface area contributed by atoms with Gasteiger partial charge in [0.1, 0.15) is 16.9 Å². The summed E-state index contributed by atoms with van der Waals surface area (Å²) in [4.78, 5) is 12.3. The van der Waals surface area contributed by atoms with Gasteiger partial charge in [0.25, 0.3) is 0 Å². The van der Waals surface area contributed by atoms with Crippen molar-refractivity contribution >= 4 is 17.2 Å². The molecule has 16 heavy (non-hydrogen) atoms.